The summed E-state index contributed by atoms with van der Waals surface area (Å²) in [6.07, 6.45) is 1.48. The van der Waals surface area contributed by atoms with E-state index in [2.05, 4.69) is 15.9 Å². The minimum Gasteiger partial charge on any atom is -0.465 e. The van der Waals surface area contributed by atoms with Crippen LogP contribution < -0.4 is 5.73 Å². The van der Waals surface area contributed by atoms with Crippen LogP contribution in [0, 0.1) is 11.3 Å². The third kappa shape index (κ3) is 1.20. The summed E-state index contributed by atoms with van der Waals surface area (Å²) in [4.78, 5) is 0. The van der Waals surface area contributed by atoms with Gasteiger partial charge < -0.3 is 10.2 Å². The van der Waals surface area contributed by atoms with E-state index in [4.69, 9.17) is 15.4 Å². The van der Waals surface area contributed by atoms with Gasteiger partial charge in [0.2, 0.25) is 0 Å². The second-order valence-corrected chi connectivity index (χ2v) is 2.59. The van der Waals surface area contributed by atoms with Crippen LogP contribution in [0.3, 0.4) is 0 Å². The molecule has 1 aromatic rings. The summed E-state index contributed by atoms with van der Waals surface area (Å²) >= 11 is 3.18. The third-order valence-electron chi connectivity index (χ3n) is 1.07. The lowest BCUT2D eigenvalue weighted by Gasteiger charge is -1.95. The first-order valence-electron chi connectivity index (χ1n) is 2.64. The van der Waals surface area contributed by atoms with Crippen LogP contribution >= 0.6 is 15.9 Å². The predicted octanol–water partition coefficient (Wildman–Crippen LogP) is 1.57. The molecule has 0 aliphatic rings. The minimum atomic E-state index is -0.677. The van der Waals surface area contributed by atoms with Gasteiger partial charge in [0.05, 0.1) is 16.8 Å². The van der Waals surface area contributed by atoms with Gasteiger partial charge in [-0.15, -0.1) is 0 Å². The number of rotatable bonds is 1. The first-order valence-corrected chi connectivity index (χ1v) is 3.43. The monoisotopic (exact) mass is 200 g/mol. The van der Waals surface area contributed by atoms with Gasteiger partial charge in [0.25, 0.3) is 0 Å². The van der Waals surface area contributed by atoms with Crippen LogP contribution in [0.5, 0.6) is 0 Å². The van der Waals surface area contributed by atoms with Crippen molar-refractivity contribution in [1.82, 2.24) is 0 Å². The van der Waals surface area contributed by atoms with Crippen molar-refractivity contribution in [3.8, 4) is 6.07 Å². The summed E-state index contributed by atoms with van der Waals surface area (Å²) in [5.41, 5.74) is 5.35. The molecule has 1 unspecified atom stereocenters. The maximum Gasteiger partial charge on any atom is 0.153 e. The Labute approximate surface area is 66.6 Å². The lowest BCUT2D eigenvalue weighted by Crippen LogP contribution is -2.06. The van der Waals surface area contributed by atoms with E-state index in [9.17, 15) is 0 Å². The molecule has 1 rings (SSSR count). The van der Waals surface area contributed by atoms with Crippen molar-refractivity contribution in [2.24, 2.45) is 5.73 Å². The standard InChI is InChI=1S/C6H5BrN2O/c7-4-1-2-10-6(4)5(9)3-8/h1-2,5H,9H2. The number of furan rings is 1. The van der Waals surface area contributed by atoms with Crippen molar-refractivity contribution in [3.05, 3.63) is 22.6 Å². The molecule has 0 amide bonds. The smallest absolute Gasteiger partial charge is 0.153 e. The number of nitrogens with zero attached hydrogens (tertiary/aromatic N) is 1. The van der Waals surface area contributed by atoms with Crippen LogP contribution in [-0.4, -0.2) is 0 Å². The zero-order valence-electron chi connectivity index (χ0n) is 5.04. The van der Waals surface area contributed by atoms with Gasteiger partial charge in [-0.1, -0.05) is 0 Å². The van der Waals surface area contributed by atoms with Gasteiger partial charge in [-0.2, -0.15) is 5.26 Å². The van der Waals surface area contributed by atoms with Crippen molar-refractivity contribution in [3.63, 3.8) is 0 Å². The number of hydrogen-bond acceptors (Lipinski definition) is 3. The highest BCUT2D eigenvalue weighted by atomic mass is 79.9. The fourth-order valence-corrected chi connectivity index (χ4v) is 1.03. The van der Waals surface area contributed by atoms with E-state index in [-0.39, 0.29) is 0 Å². The SMILES string of the molecule is N#CC(N)c1occc1Br. The maximum atomic E-state index is 8.38. The highest BCUT2D eigenvalue weighted by Gasteiger charge is 2.11. The molecule has 2 N–H and O–H groups in total. The first-order chi connectivity index (χ1) is 4.75. The Hall–Kier alpha value is -0.790. The average Bonchev–Trinajstić information content (AvgIpc) is 2.34. The van der Waals surface area contributed by atoms with Gasteiger partial charge in [0.15, 0.2) is 6.04 Å². The Morgan fingerprint density at radius 3 is 2.90 bits per heavy atom. The first kappa shape index (κ1) is 7.32. The molecule has 0 aliphatic heterocycles. The second kappa shape index (κ2) is 2.86. The van der Waals surface area contributed by atoms with Crippen LogP contribution in [0.15, 0.2) is 21.2 Å². The molecule has 52 valence electrons. The third-order valence-corrected chi connectivity index (χ3v) is 1.72. The van der Waals surface area contributed by atoms with E-state index in [0.717, 1.165) is 4.47 Å². The Kier molecular flexibility index (Phi) is 2.10. The summed E-state index contributed by atoms with van der Waals surface area (Å²) in [5.74, 6) is 0.475. The van der Waals surface area contributed by atoms with Crippen molar-refractivity contribution in [1.29, 1.82) is 5.26 Å². The molecule has 10 heavy (non-hydrogen) atoms. The molecule has 0 bridgehead atoms. The van der Waals surface area contributed by atoms with E-state index >= 15 is 0 Å². The maximum absolute atomic E-state index is 8.38. The minimum absolute atomic E-state index is 0.475. The molecule has 0 aliphatic carbocycles. The average molecular weight is 201 g/mol. The number of halogens is 1. The Balaban J connectivity index is 2.96. The summed E-state index contributed by atoms with van der Waals surface area (Å²) in [7, 11) is 0. The molecule has 1 aromatic heterocycles. The quantitative estimate of drug-likeness (QED) is 0.749. The lowest BCUT2D eigenvalue weighted by atomic mass is 10.3. The molecular formula is C6H5BrN2O. The van der Waals surface area contributed by atoms with Crippen LogP contribution in [0.2, 0.25) is 0 Å². The number of nitriles is 1. The van der Waals surface area contributed by atoms with Gasteiger partial charge >= 0.3 is 0 Å². The van der Waals surface area contributed by atoms with E-state index in [1.54, 1.807) is 6.07 Å². The summed E-state index contributed by atoms with van der Waals surface area (Å²) < 4.78 is 5.66. The molecule has 0 saturated carbocycles. The fraction of sp³-hybridized carbons (Fsp3) is 0.167. The largest absolute Gasteiger partial charge is 0.465 e. The van der Waals surface area contributed by atoms with Gasteiger partial charge in [-0.25, -0.2) is 0 Å². The molecule has 3 nitrogen and oxygen atoms in total. The van der Waals surface area contributed by atoms with Crippen molar-refractivity contribution in [2.75, 3.05) is 0 Å². The van der Waals surface area contributed by atoms with Gasteiger partial charge in [0, 0.05) is 0 Å². The number of nitrogens with two attached hydrogens (primary N) is 1. The van der Waals surface area contributed by atoms with E-state index in [1.807, 2.05) is 6.07 Å². The summed E-state index contributed by atoms with van der Waals surface area (Å²) in [6.45, 7) is 0. The summed E-state index contributed by atoms with van der Waals surface area (Å²) in [5, 5.41) is 8.38. The molecule has 1 heterocycles. The van der Waals surface area contributed by atoms with Gasteiger partial charge in [0.1, 0.15) is 5.76 Å². The van der Waals surface area contributed by atoms with Crippen LogP contribution in [0.4, 0.5) is 0 Å². The van der Waals surface area contributed by atoms with E-state index < -0.39 is 6.04 Å². The molecule has 1 atom stereocenters. The normalized spacial score (nSPS) is 12.5. The van der Waals surface area contributed by atoms with E-state index in [1.165, 1.54) is 6.26 Å². The lowest BCUT2D eigenvalue weighted by molar-refractivity contribution is 0.494. The topological polar surface area (TPSA) is 63.0 Å². The molecule has 4 heteroatoms. The van der Waals surface area contributed by atoms with Gasteiger partial charge in [-0.3, -0.25) is 0 Å². The Morgan fingerprint density at radius 2 is 2.50 bits per heavy atom. The molecular weight excluding hydrogens is 196 g/mol. The highest BCUT2D eigenvalue weighted by molar-refractivity contribution is 9.10. The van der Waals surface area contributed by atoms with Crippen LogP contribution in [-0.2, 0) is 0 Å². The number of hydrogen-bond donors (Lipinski definition) is 1. The van der Waals surface area contributed by atoms with Crippen molar-refractivity contribution >= 4 is 15.9 Å². The van der Waals surface area contributed by atoms with Crippen LogP contribution in [0.1, 0.15) is 11.8 Å². The fourth-order valence-electron chi connectivity index (χ4n) is 0.586. The highest BCUT2D eigenvalue weighted by Crippen LogP contribution is 2.22. The Bertz CT molecular complexity index is 263. The summed E-state index contributed by atoms with van der Waals surface area (Å²) in [6, 6.07) is 2.89. The molecule has 0 radical (unpaired) electrons. The molecule has 0 fully saturated rings. The van der Waals surface area contributed by atoms with Crippen molar-refractivity contribution in [2.45, 2.75) is 6.04 Å². The molecule has 0 saturated heterocycles. The van der Waals surface area contributed by atoms with Crippen molar-refractivity contribution < 1.29 is 4.42 Å². The predicted molar refractivity (Wildman–Crippen MR) is 38.9 cm³/mol. The Morgan fingerprint density at radius 1 is 1.80 bits per heavy atom. The zero-order chi connectivity index (χ0) is 7.56. The molecule has 0 spiro atoms. The van der Waals surface area contributed by atoms with Crippen LogP contribution in [0.25, 0.3) is 0 Å². The second-order valence-electron chi connectivity index (χ2n) is 1.74. The van der Waals surface area contributed by atoms with E-state index in [0.29, 0.717) is 5.76 Å². The molecule has 0 aromatic carbocycles. The zero-order valence-corrected chi connectivity index (χ0v) is 6.63. The van der Waals surface area contributed by atoms with Gasteiger partial charge in [-0.05, 0) is 22.0 Å².